The quantitative estimate of drug-likeness (QED) is 0.286. The fourth-order valence-electron chi connectivity index (χ4n) is 2.61. The first-order valence-electron chi connectivity index (χ1n) is 9.60. The molecule has 0 spiro atoms. The minimum atomic E-state index is -0.221. The Morgan fingerprint density at radius 1 is 1.10 bits per heavy atom. The van der Waals surface area contributed by atoms with Crippen molar-refractivity contribution in [3.05, 3.63) is 71.0 Å². The Morgan fingerprint density at radius 2 is 1.83 bits per heavy atom. The molecule has 0 bridgehead atoms. The van der Waals surface area contributed by atoms with E-state index in [9.17, 15) is 9.18 Å². The van der Waals surface area contributed by atoms with Crippen LogP contribution in [0, 0.1) is 5.82 Å². The molecule has 0 aliphatic carbocycles. The van der Waals surface area contributed by atoms with Gasteiger partial charge in [-0.05, 0) is 55.2 Å². The maximum atomic E-state index is 13.2. The number of nitrogens with zero attached hydrogens (tertiary/aromatic N) is 1. The SMILES string of the molecule is CCC(C)NC(=O)c1ccc(CNC(=NC)NCCc2cccc(F)c2)cc1.I. The number of hydrogen-bond acceptors (Lipinski definition) is 2. The van der Waals surface area contributed by atoms with Gasteiger partial charge in [0.05, 0.1) is 0 Å². The van der Waals surface area contributed by atoms with Crippen molar-refractivity contribution in [2.75, 3.05) is 13.6 Å². The number of carbonyl (C=O) groups excluding carboxylic acids is 1. The maximum Gasteiger partial charge on any atom is 0.251 e. The lowest BCUT2D eigenvalue weighted by molar-refractivity contribution is 0.0939. The van der Waals surface area contributed by atoms with Gasteiger partial charge in [0.15, 0.2) is 5.96 Å². The molecule has 7 heteroatoms. The van der Waals surface area contributed by atoms with Gasteiger partial charge < -0.3 is 16.0 Å². The largest absolute Gasteiger partial charge is 0.356 e. The number of carbonyl (C=O) groups is 1. The molecule has 0 saturated heterocycles. The van der Waals surface area contributed by atoms with Gasteiger partial charge in [0.25, 0.3) is 5.91 Å². The smallest absolute Gasteiger partial charge is 0.251 e. The van der Waals surface area contributed by atoms with Crippen molar-refractivity contribution >= 4 is 35.8 Å². The second kappa shape index (κ2) is 13.1. The van der Waals surface area contributed by atoms with E-state index in [1.165, 1.54) is 12.1 Å². The highest BCUT2D eigenvalue weighted by molar-refractivity contribution is 14.0. The van der Waals surface area contributed by atoms with Gasteiger partial charge in [-0.1, -0.05) is 31.2 Å². The Balaban J connectivity index is 0.00000420. The minimum Gasteiger partial charge on any atom is -0.356 e. The van der Waals surface area contributed by atoms with Crippen LogP contribution in [0.15, 0.2) is 53.5 Å². The summed E-state index contributed by atoms with van der Waals surface area (Å²) in [6, 6.07) is 14.3. The Kier molecular flexibility index (Phi) is 11.3. The molecular formula is C22H30FIN4O. The molecule has 0 saturated carbocycles. The van der Waals surface area contributed by atoms with Crippen molar-refractivity contribution in [2.24, 2.45) is 4.99 Å². The average Bonchev–Trinajstić information content (AvgIpc) is 2.70. The summed E-state index contributed by atoms with van der Waals surface area (Å²) in [5.41, 5.74) is 2.64. The number of amides is 1. The van der Waals surface area contributed by atoms with Gasteiger partial charge >= 0.3 is 0 Å². The molecule has 1 atom stereocenters. The van der Waals surface area contributed by atoms with E-state index in [1.807, 2.05) is 44.2 Å². The lowest BCUT2D eigenvalue weighted by Crippen LogP contribution is -2.37. The number of benzene rings is 2. The number of rotatable bonds is 8. The zero-order valence-electron chi connectivity index (χ0n) is 17.2. The first-order chi connectivity index (χ1) is 13.5. The van der Waals surface area contributed by atoms with Crippen LogP contribution < -0.4 is 16.0 Å². The van der Waals surface area contributed by atoms with Crippen LogP contribution in [-0.4, -0.2) is 31.5 Å². The van der Waals surface area contributed by atoms with Crippen molar-refractivity contribution in [3.63, 3.8) is 0 Å². The number of guanidine groups is 1. The Labute approximate surface area is 189 Å². The third-order valence-electron chi connectivity index (χ3n) is 4.48. The molecule has 0 fully saturated rings. The highest BCUT2D eigenvalue weighted by Crippen LogP contribution is 2.06. The zero-order chi connectivity index (χ0) is 20.4. The Hall–Kier alpha value is -2.16. The van der Waals surface area contributed by atoms with Gasteiger partial charge in [0.2, 0.25) is 0 Å². The fraction of sp³-hybridized carbons (Fsp3) is 0.364. The van der Waals surface area contributed by atoms with Crippen LogP contribution >= 0.6 is 24.0 Å². The Bertz CT molecular complexity index is 796. The summed E-state index contributed by atoms with van der Waals surface area (Å²) in [6.45, 7) is 5.27. The highest BCUT2D eigenvalue weighted by Gasteiger charge is 2.08. The topological polar surface area (TPSA) is 65.5 Å². The van der Waals surface area contributed by atoms with E-state index in [2.05, 4.69) is 20.9 Å². The summed E-state index contributed by atoms with van der Waals surface area (Å²) >= 11 is 0. The van der Waals surface area contributed by atoms with E-state index in [-0.39, 0.29) is 41.7 Å². The van der Waals surface area contributed by atoms with Crippen molar-refractivity contribution in [3.8, 4) is 0 Å². The molecule has 2 aromatic rings. The van der Waals surface area contributed by atoms with E-state index < -0.39 is 0 Å². The summed E-state index contributed by atoms with van der Waals surface area (Å²) in [7, 11) is 1.71. The van der Waals surface area contributed by atoms with Crippen LogP contribution in [0.2, 0.25) is 0 Å². The van der Waals surface area contributed by atoms with Crippen molar-refractivity contribution in [1.82, 2.24) is 16.0 Å². The highest BCUT2D eigenvalue weighted by atomic mass is 127. The molecule has 1 amide bonds. The van der Waals surface area contributed by atoms with Crippen LogP contribution in [0.5, 0.6) is 0 Å². The molecule has 0 aliphatic heterocycles. The van der Waals surface area contributed by atoms with Crippen molar-refractivity contribution in [1.29, 1.82) is 0 Å². The van der Waals surface area contributed by atoms with E-state index >= 15 is 0 Å². The maximum absolute atomic E-state index is 13.2. The molecule has 0 aromatic heterocycles. The molecular weight excluding hydrogens is 482 g/mol. The normalized spacial score (nSPS) is 11.9. The van der Waals surface area contributed by atoms with Crippen LogP contribution in [0.25, 0.3) is 0 Å². The predicted octanol–water partition coefficient (Wildman–Crippen LogP) is 3.88. The average molecular weight is 512 g/mol. The zero-order valence-corrected chi connectivity index (χ0v) is 19.5. The number of aliphatic imine (C=N–C) groups is 1. The van der Waals surface area contributed by atoms with Gasteiger partial charge in [0.1, 0.15) is 5.82 Å². The van der Waals surface area contributed by atoms with Crippen LogP contribution in [0.3, 0.4) is 0 Å². The molecule has 0 radical (unpaired) electrons. The van der Waals surface area contributed by atoms with Crippen LogP contribution in [-0.2, 0) is 13.0 Å². The standard InChI is InChI=1S/C22H29FN4O.HI/c1-4-16(2)27-21(28)19-10-8-18(9-11-19)15-26-22(24-3)25-13-12-17-6-5-7-20(23)14-17;/h5-11,14,16H,4,12-13,15H2,1-3H3,(H,27,28)(H2,24,25,26);1H. The van der Waals surface area contributed by atoms with Crippen LogP contribution in [0.4, 0.5) is 4.39 Å². The van der Waals surface area contributed by atoms with E-state index in [4.69, 9.17) is 0 Å². The van der Waals surface area contributed by atoms with Crippen molar-refractivity contribution < 1.29 is 9.18 Å². The van der Waals surface area contributed by atoms with Gasteiger partial charge in [-0.25, -0.2) is 4.39 Å². The monoisotopic (exact) mass is 512 g/mol. The molecule has 2 rings (SSSR count). The second-order valence-corrected chi connectivity index (χ2v) is 6.71. The lowest BCUT2D eigenvalue weighted by atomic mass is 10.1. The summed E-state index contributed by atoms with van der Waals surface area (Å²) < 4.78 is 13.2. The summed E-state index contributed by atoms with van der Waals surface area (Å²) in [5.74, 6) is 0.403. The first-order valence-corrected chi connectivity index (χ1v) is 9.60. The third kappa shape index (κ3) is 8.81. The number of hydrogen-bond donors (Lipinski definition) is 3. The molecule has 1 unspecified atom stereocenters. The first kappa shape index (κ1) is 24.9. The summed E-state index contributed by atoms with van der Waals surface area (Å²) in [6.07, 6.45) is 1.61. The summed E-state index contributed by atoms with van der Waals surface area (Å²) in [4.78, 5) is 16.3. The van der Waals surface area contributed by atoms with E-state index in [0.717, 1.165) is 17.5 Å². The fourth-order valence-corrected chi connectivity index (χ4v) is 2.61. The van der Waals surface area contributed by atoms with Crippen molar-refractivity contribution in [2.45, 2.75) is 39.3 Å². The van der Waals surface area contributed by atoms with Gasteiger partial charge in [-0.2, -0.15) is 0 Å². The molecule has 0 heterocycles. The minimum absolute atomic E-state index is 0. The third-order valence-corrected chi connectivity index (χ3v) is 4.48. The molecule has 158 valence electrons. The van der Waals surface area contributed by atoms with E-state index in [0.29, 0.717) is 31.0 Å². The van der Waals surface area contributed by atoms with Gasteiger partial charge in [-0.3, -0.25) is 9.79 Å². The van der Waals surface area contributed by atoms with Gasteiger partial charge in [-0.15, -0.1) is 24.0 Å². The molecule has 5 nitrogen and oxygen atoms in total. The Morgan fingerprint density at radius 3 is 2.45 bits per heavy atom. The van der Waals surface area contributed by atoms with Crippen LogP contribution in [0.1, 0.15) is 41.8 Å². The number of halogens is 2. The molecule has 3 N–H and O–H groups in total. The molecule has 2 aromatic carbocycles. The molecule has 29 heavy (non-hydrogen) atoms. The molecule has 0 aliphatic rings. The summed E-state index contributed by atoms with van der Waals surface area (Å²) in [5, 5.41) is 9.41. The lowest BCUT2D eigenvalue weighted by Gasteiger charge is -2.13. The second-order valence-electron chi connectivity index (χ2n) is 6.71. The van der Waals surface area contributed by atoms with Gasteiger partial charge in [0, 0.05) is 31.7 Å². The van der Waals surface area contributed by atoms with E-state index in [1.54, 1.807) is 13.1 Å². The number of nitrogens with one attached hydrogen (secondary N) is 3. The predicted molar refractivity (Wildman–Crippen MR) is 127 cm³/mol.